The fraction of sp³-hybridized carbons (Fsp3) is 0.700. The van der Waals surface area contributed by atoms with E-state index in [1.54, 1.807) is 0 Å². The third kappa shape index (κ3) is 3.75. The lowest BCUT2D eigenvalue weighted by atomic mass is 10.0. The van der Waals surface area contributed by atoms with Gasteiger partial charge in [-0.3, -0.25) is 4.79 Å². The van der Waals surface area contributed by atoms with Gasteiger partial charge in [-0.2, -0.15) is 0 Å². The lowest BCUT2D eigenvalue weighted by Gasteiger charge is -2.04. The molecule has 0 spiro atoms. The number of carbonyl (C=O) groups excluding carboxylic acids is 1. The highest BCUT2D eigenvalue weighted by Crippen LogP contribution is 2.08. The number of Topliss-reactive ketones (excluding diaryl/α,β-unsaturated/α-hetero) is 1. The largest absolute Gasteiger partial charge is 0.316 e. The molecule has 1 unspecified atom stereocenters. The Balaban J connectivity index is 2.52. The predicted octanol–water partition coefficient (Wildman–Crippen LogP) is 1.05. The van der Waals surface area contributed by atoms with Gasteiger partial charge in [-0.15, -0.1) is 5.54 Å². The molecule has 0 radical (unpaired) electrons. The molecule has 3 heteroatoms. The van der Waals surface area contributed by atoms with Crippen LogP contribution in [0.3, 0.4) is 0 Å². The zero-order valence-electron chi connectivity index (χ0n) is 8.61. The molecule has 0 aromatic heterocycles. The minimum atomic E-state index is -1.37. The molecule has 2 nitrogen and oxygen atoms in total. The van der Waals surface area contributed by atoms with Crippen molar-refractivity contribution in [2.45, 2.75) is 26.1 Å². The maximum Gasteiger partial charge on any atom is 0.209 e. The lowest BCUT2D eigenvalue weighted by Crippen LogP contribution is -2.20. The molecule has 72 valence electrons. The van der Waals surface area contributed by atoms with Crippen molar-refractivity contribution in [2.75, 3.05) is 13.1 Å². The molecule has 1 heterocycles. The molecule has 0 aliphatic carbocycles. The third-order valence-electron chi connectivity index (χ3n) is 1.99. The van der Waals surface area contributed by atoms with E-state index in [0.717, 1.165) is 19.5 Å². The summed E-state index contributed by atoms with van der Waals surface area (Å²) in [5.74, 6) is 3.09. The van der Waals surface area contributed by atoms with Crippen LogP contribution in [-0.4, -0.2) is 26.9 Å². The maximum absolute atomic E-state index is 11.5. The summed E-state index contributed by atoms with van der Waals surface area (Å²) in [5, 5.41) is 3.17. The molecule has 0 aromatic carbocycles. The van der Waals surface area contributed by atoms with Crippen LogP contribution in [-0.2, 0) is 4.79 Å². The van der Waals surface area contributed by atoms with Gasteiger partial charge in [0.05, 0.1) is 0 Å². The van der Waals surface area contributed by atoms with Crippen molar-refractivity contribution >= 4 is 13.9 Å². The van der Waals surface area contributed by atoms with Gasteiger partial charge in [0, 0.05) is 12.5 Å². The summed E-state index contributed by atoms with van der Waals surface area (Å²) in [5.41, 5.74) is 3.11. The molecule has 13 heavy (non-hydrogen) atoms. The van der Waals surface area contributed by atoms with Crippen LogP contribution in [0, 0.1) is 17.4 Å². The first kappa shape index (κ1) is 10.5. The number of ketones is 1. The number of hydrogen-bond donors (Lipinski definition) is 1. The van der Waals surface area contributed by atoms with E-state index in [9.17, 15) is 4.79 Å². The first-order valence-corrected chi connectivity index (χ1v) is 8.27. The molecule has 1 N–H and O–H groups in total. The summed E-state index contributed by atoms with van der Waals surface area (Å²) < 4.78 is 0. The van der Waals surface area contributed by atoms with Crippen LogP contribution < -0.4 is 5.32 Å². The summed E-state index contributed by atoms with van der Waals surface area (Å²) in [6.07, 6.45) is 0.958. The number of carbonyl (C=O) groups is 1. The van der Waals surface area contributed by atoms with Gasteiger partial charge in [0.1, 0.15) is 8.07 Å². The van der Waals surface area contributed by atoms with Crippen molar-refractivity contribution in [3.63, 3.8) is 0 Å². The van der Waals surface area contributed by atoms with Crippen LogP contribution in [0.4, 0.5) is 0 Å². The van der Waals surface area contributed by atoms with Gasteiger partial charge in [-0.25, -0.2) is 0 Å². The summed E-state index contributed by atoms with van der Waals surface area (Å²) in [4.78, 5) is 11.5. The van der Waals surface area contributed by atoms with E-state index >= 15 is 0 Å². The quantitative estimate of drug-likeness (QED) is 0.500. The molecule has 1 aliphatic rings. The molecule has 1 saturated heterocycles. The summed E-state index contributed by atoms with van der Waals surface area (Å²) in [6, 6.07) is 0. The van der Waals surface area contributed by atoms with Gasteiger partial charge < -0.3 is 5.32 Å². The molecule has 0 aromatic rings. The van der Waals surface area contributed by atoms with Crippen LogP contribution in [0.25, 0.3) is 0 Å². The van der Waals surface area contributed by atoms with Gasteiger partial charge >= 0.3 is 0 Å². The lowest BCUT2D eigenvalue weighted by molar-refractivity contribution is -0.116. The van der Waals surface area contributed by atoms with Crippen molar-refractivity contribution < 1.29 is 4.79 Å². The van der Waals surface area contributed by atoms with E-state index < -0.39 is 8.07 Å². The van der Waals surface area contributed by atoms with Crippen molar-refractivity contribution in [2.24, 2.45) is 5.92 Å². The monoisotopic (exact) mass is 195 g/mol. The van der Waals surface area contributed by atoms with Crippen LogP contribution >= 0.6 is 0 Å². The molecule has 1 aliphatic heterocycles. The molecular weight excluding hydrogens is 178 g/mol. The second-order valence-electron chi connectivity index (χ2n) is 4.55. The molecule has 1 atom stereocenters. The van der Waals surface area contributed by atoms with Crippen LogP contribution in [0.15, 0.2) is 0 Å². The van der Waals surface area contributed by atoms with Crippen molar-refractivity contribution in [3.05, 3.63) is 0 Å². The first-order valence-electron chi connectivity index (χ1n) is 4.77. The fourth-order valence-electron chi connectivity index (χ4n) is 1.23. The fourth-order valence-corrected chi connectivity index (χ4v) is 1.73. The van der Waals surface area contributed by atoms with Crippen LogP contribution in [0.2, 0.25) is 19.6 Å². The van der Waals surface area contributed by atoms with Crippen molar-refractivity contribution in [1.29, 1.82) is 0 Å². The highest BCUT2D eigenvalue weighted by Gasteiger charge is 2.21. The SMILES string of the molecule is C[Si](C)(C)C#CC(=O)C1CCNC1. The molecular formula is C10H17NOSi. The molecule has 1 fully saturated rings. The smallest absolute Gasteiger partial charge is 0.209 e. The van der Waals surface area contributed by atoms with Gasteiger partial charge in [-0.1, -0.05) is 19.6 Å². The zero-order valence-corrected chi connectivity index (χ0v) is 9.61. The molecule has 1 rings (SSSR count). The maximum atomic E-state index is 11.5. The Kier molecular flexibility index (Phi) is 3.29. The third-order valence-corrected chi connectivity index (χ3v) is 2.87. The Morgan fingerprint density at radius 3 is 2.62 bits per heavy atom. The minimum Gasteiger partial charge on any atom is -0.316 e. The summed E-state index contributed by atoms with van der Waals surface area (Å²) >= 11 is 0. The highest BCUT2D eigenvalue weighted by atomic mass is 28.3. The summed E-state index contributed by atoms with van der Waals surface area (Å²) in [6.45, 7) is 8.24. The van der Waals surface area contributed by atoms with Gasteiger partial charge in [0.2, 0.25) is 5.78 Å². The van der Waals surface area contributed by atoms with E-state index in [-0.39, 0.29) is 11.7 Å². The topological polar surface area (TPSA) is 29.1 Å². The van der Waals surface area contributed by atoms with Gasteiger partial charge in [0.25, 0.3) is 0 Å². The minimum absolute atomic E-state index is 0.132. The zero-order chi connectivity index (χ0) is 9.90. The second-order valence-corrected chi connectivity index (χ2v) is 9.30. The average Bonchev–Trinajstić information content (AvgIpc) is 2.50. The van der Waals surface area contributed by atoms with Gasteiger partial charge in [0.15, 0.2) is 0 Å². The Labute approximate surface area is 81.1 Å². The predicted molar refractivity (Wildman–Crippen MR) is 57.1 cm³/mol. The van der Waals surface area contributed by atoms with E-state index in [0.29, 0.717) is 0 Å². The standard InChI is InChI=1S/C10H17NOSi/c1-13(2,3)7-5-10(12)9-4-6-11-8-9/h9,11H,4,6,8H2,1-3H3. The average molecular weight is 195 g/mol. The van der Waals surface area contributed by atoms with Crippen LogP contribution in [0.5, 0.6) is 0 Å². The van der Waals surface area contributed by atoms with Crippen molar-refractivity contribution in [1.82, 2.24) is 5.32 Å². The Morgan fingerprint density at radius 1 is 1.46 bits per heavy atom. The van der Waals surface area contributed by atoms with Crippen LogP contribution in [0.1, 0.15) is 6.42 Å². The molecule has 0 saturated carbocycles. The van der Waals surface area contributed by atoms with E-state index in [2.05, 4.69) is 36.4 Å². The van der Waals surface area contributed by atoms with E-state index in [1.165, 1.54) is 0 Å². The van der Waals surface area contributed by atoms with Crippen molar-refractivity contribution in [3.8, 4) is 11.5 Å². The normalized spacial score (nSPS) is 22.2. The number of hydrogen-bond acceptors (Lipinski definition) is 2. The van der Waals surface area contributed by atoms with Gasteiger partial charge in [-0.05, 0) is 18.9 Å². The Hall–Kier alpha value is -0.593. The summed E-state index contributed by atoms with van der Waals surface area (Å²) in [7, 11) is -1.37. The van der Waals surface area contributed by atoms with E-state index in [4.69, 9.17) is 0 Å². The van der Waals surface area contributed by atoms with E-state index in [1.807, 2.05) is 0 Å². The second kappa shape index (κ2) is 4.08. The molecule has 0 bridgehead atoms. The molecule has 0 amide bonds. The Bertz CT molecular complexity index is 250. The highest BCUT2D eigenvalue weighted by molar-refractivity contribution is 6.84. The Morgan fingerprint density at radius 2 is 2.15 bits per heavy atom. The first-order chi connectivity index (χ1) is 5.99. The number of nitrogens with one attached hydrogen (secondary N) is 1. The number of rotatable bonds is 1.